The first-order valence-electron chi connectivity index (χ1n) is 5.28. The molecule has 3 unspecified atom stereocenters. The predicted molar refractivity (Wildman–Crippen MR) is 66.8 cm³/mol. The van der Waals surface area contributed by atoms with Gasteiger partial charge in [-0.15, -0.1) is 0 Å². The van der Waals surface area contributed by atoms with Gasteiger partial charge in [0.25, 0.3) is 0 Å². The molecule has 0 spiro atoms. The molecule has 0 aliphatic carbocycles. The molecule has 1 aromatic heterocycles. The molecule has 2 rings (SSSR count). The van der Waals surface area contributed by atoms with Crippen LogP contribution in [0.1, 0.15) is 6.23 Å². The zero-order valence-electron chi connectivity index (χ0n) is 9.53. The van der Waals surface area contributed by atoms with Crippen molar-refractivity contribution in [3.05, 3.63) is 33.1 Å². The van der Waals surface area contributed by atoms with E-state index < -0.39 is 30.7 Å². The number of anilines is 1. The van der Waals surface area contributed by atoms with Crippen LogP contribution in [0.4, 0.5) is 10.2 Å². The first kappa shape index (κ1) is 14.1. The van der Waals surface area contributed by atoms with E-state index in [0.717, 1.165) is 4.57 Å². The highest BCUT2D eigenvalue weighted by atomic mass is 79.9. The molecule has 104 valence electrons. The first-order chi connectivity index (χ1) is 8.99. The third-order valence-electron chi connectivity index (χ3n) is 2.79. The Morgan fingerprint density at radius 3 is 2.89 bits per heavy atom. The number of ether oxygens (including phenoxy) is 1. The lowest BCUT2D eigenvalue weighted by molar-refractivity contribution is -0.0527. The van der Waals surface area contributed by atoms with Gasteiger partial charge in [0.2, 0.25) is 0 Å². The van der Waals surface area contributed by atoms with E-state index in [9.17, 15) is 14.3 Å². The molecule has 9 heteroatoms. The first-order valence-corrected chi connectivity index (χ1v) is 6.07. The molecule has 1 saturated heterocycles. The van der Waals surface area contributed by atoms with Gasteiger partial charge in [0, 0.05) is 11.8 Å². The van der Waals surface area contributed by atoms with Crippen molar-refractivity contribution in [2.75, 3.05) is 12.3 Å². The molecule has 0 aromatic carbocycles. The molecule has 1 aliphatic rings. The quantitative estimate of drug-likeness (QED) is 0.683. The van der Waals surface area contributed by atoms with E-state index >= 15 is 0 Å². The minimum absolute atomic E-state index is 0.00583. The SMILES string of the molecule is Nc1nc(=O)n(C2OC(CO)/C(=C/F)C2O)cc1Br. The second-order valence-electron chi connectivity index (χ2n) is 3.92. The average Bonchev–Trinajstić information content (AvgIpc) is 2.70. The van der Waals surface area contributed by atoms with Gasteiger partial charge in [0.05, 0.1) is 17.4 Å². The van der Waals surface area contributed by atoms with Gasteiger partial charge in [-0.2, -0.15) is 4.98 Å². The lowest BCUT2D eigenvalue weighted by Gasteiger charge is -2.17. The highest BCUT2D eigenvalue weighted by molar-refractivity contribution is 9.10. The maximum atomic E-state index is 12.7. The second kappa shape index (κ2) is 5.37. The molecule has 0 bridgehead atoms. The highest BCUT2D eigenvalue weighted by Crippen LogP contribution is 2.33. The molecular formula is C10H11BrFN3O4. The summed E-state index contributed by atoms with van der Waals surface area (Å²) in [5.41, 5.74) is 4.56. The molecule has 7 nitrogen and oxygen atoms in total. The summed E-state index contributed by atoms with van der Waals surface area (Å²) in [7, 11) is 0. The van der Waals surface area contributed by atoms with Crippen LogP contribution in [0.15, 0.2) is 27.4 Å². The van der Waals surface area contributed by atoms with Crippen LogP contribution in [0.5, 0.6) is 0 Å². The zero-order valence-corrected chi connectivity index (χ0v) is 11.1. The van der Waals surface area contributed by atoms with Crippen molar-refractivity contribution < 1.29 is 19.3 Å². The van der Waals surface area contributed by atoms with Crippen molar-refractivity contribution in [1.82, 2.24) is 9.55 Å². The van der Waals surface area contributed by atoms with Crippen molar-refractivity contribution in [3.63, 3.8) is 0 Å². The van der Waals surface area contributed by atoms with Crippen LogP contribution in [-0.2, 0) is 4.74 Å². The molecular weight excluding hydrogens is 325 g/mol. The standard InChI is InChI=1S/C10H11BrFN3O4/c11-5-2-15(10(18)14-8(5)13)9-7(17)4(1-12)6(3-16)19-9/h1-2,6-7,9,16-17H,3H2,(H2,13,14,18)/b4-1-. The van der Waals surface area contributed by atoms with Gasteiger partial charge in [-0.25, -0.2) is 9.18 Å². The highest BCUT2D eigenvalue weighted by Gasteiger charge is 2.40. The van der Waals surface area contributed by atoms with E-state index in [4.69, 9.17) is 15.6 Å². The zero-order chi connectivity index (χ0) is 14.2. The Morgan fingerprint density at radius 2 is 2.37 bits per heavy atom. The fraction of sp³-hybridized carbons (Fsp3) is 0.400. The summed E-state index contributed by atoms with van der Waals surface area (Å²) in [6, 6.07) is 0. The summed E-state index contributed by atoms with van der Waals surface area (Å²) >= 11 is 3.09. The summed E-state index contributed by atoms with van der Waals surface area (Å²) in [5.74, 6) is -0.00583. The third-order valence-corrected chi connectivity index (χ3v) is 3.40. The summed E-state index contributed by atoms with van der Waals surface area (Å²) < 4.78 is 19.2. The lowest BCUT2D eigenvalue weighted by Crippen LogP contribution is -2.32. The van der Waals surface area contributed by atoms with Gasteiger partial charge in [0.15, 0.2) is 6.23 Å². The van der Waals surface area contributed by atoms with Crippen LogP contribution in [0.25, 0.3) is 0 Å². The van der Waals surface area contributed by atoms with Crippen LogP contribution in [0, 0.1) is 0 Å². The Balaban J connectivity index is 2.44. The van der Waals surface area contributed by atoms with Crippen molar-refractivity contribution in [2.24, 2.45) is 0 Å². The number of hydrogen-bond donors (Lipinski definition) is 3. The third kappa shape index (κ3) is 2.41. The Hall–Kier alpha value is -1.29. The number of aromatic nitrogens is 2. The number of nitrogens with zero attached hydrogens (tertiary/aromatic N) is 2. The van der Waals surface area contributed by atoms with Crippen LogP contribution in [0.2, 0.25) is 0 Å². The number of aliphatic hydroxyl groups excluding tert-OH is 2. The number of nitrogens with two attached hydrogens (primary N) is 1. The Bertz CT molecular complexity index is 576. The van der Waals surface area contributed by atoms with Crippen molar-refractivity contribution in [3.8, 4) is 0 Å². The smallest absolute Gasteiger partial charge is 0.351 e. The average molecular weight is 336 g/mol. The molecule has 3 atom stereocenters. The van der Waals surface area contributed by atoms with Gasteiger partial charge in [-0.05, 0) is 15.9 Å². The molecule has 0 radical (unpaired) electrons. The molecule has 2 heterocycles. The molecule has 1 aliphatic heterocycles. The van der Waals surface area contributed by atoms with E-state index in [1.54, 1.807) is 0 Å². The topological polar surface area (TPSA) is 111 Å². The van der Waals surface area contributed by atoms with Crippen LogP contribution < -0.4 is 11.4 Å². The largest absolute Gasteiger partial charge is 0.393 e. The van der Waals surface area contributed by atoms with E-state index in [-0.39, 0.29) is 17.7 Å². The Labute approximate surface area is 115 Å². The number of aliphatic hydroxyl groups is 2. The summed E-state index contributed by atoms with van der Waals surface area (Å²) in [6.07, 6.45) is -2.12. The van der Waals surface area contributed by atoms with E-state index in [0.29, 0.717) is 4.47 Å². The monoisotopic (exact) mass is 335 g/mol. The second-order valence-corrected chi connectivity index (χ2v) is 4.77. The summed E-state index contributed by atoms with van der Waals surface area (Å²) in [6.45, 7) is -0.512. The molecule has 0 saturated carbocycles. The fourth-order valence-corrected chi connectivity index (χ4v) is 2.13. The maximum absolute atomic E-state index is 12.7. The van der Waals surface area contributed by atoms with Crippen LogP contribution >= 0.6 is 15.9 Å². The van der Waals surface area contributed by atoms with Crippen LogP contribution in [0.3, 0.4) is 0 Å². The fourth-order valence-electron chi connectivity index (χ4n) is 1.82. The van der Waals surface area contributed by atoms with Crippen molar-refractivity contribution in [2.45, 2.75) is 18.4 Å². The molecule has 4 N–H and O–H groups in total. The summed E-state index contributed by atoms with van der Waals surface area (Å²) in [5, 5.41) is 19.0. The minimum Gasteiger partial charge on any atom is -0.393 e. The predicted octanol–water partition coefficient (Wildman–Crippen LogP) is -0.308. The van der Waals surface area contributed by atoms with Gasteiger partial charge in [0.1, 0.15) is 18.0 Å². The molecule has 19 heavy (non-hydrogen) atoms. The number of nitrogen functional groups attached to an aromatic ring is 1. The number of halogens is 2. The van der Waals surface area contributed by atoms with E-state index in [2.05, 4.69) is 20.9 Å². The summed E-state index contributed by atoms with van der Waals surface area (Å²) in [4.78, 5) is 15.2. The molecule has 1 aromatic rings. The van der Waals surface area contributed by atoms with Crippen molar-refractivity contribution >= 4 is 21.7 Å². The van der Waals surface area contributed by atoms with Gasteiger partial charge < -0.3 is 20.7 Å². The number of hydrogen-bond acceptors (Lipinski definition) is 6. The molecule has 1 fully saturated rings. The molecule has 0 amide bonds. The Morgan fingerprint density at radius 1 is 1.68 bits per heavy atom. The lowest BCUT2D eigenvalue weighted by atomic mass is 10.1. The maximum Gasteiger partial charge on any atom is 0.351 e. The minimum atomic E-state index is -1.39. The van der Waals surface area contributed by atoms with E-state index in [1.807, 2.05) is 0 Å². The number of rotatable bonds is 2. The van der Waals surface area contributed by atoms with Gasteiger partial charge >= 0.3 is 5.69 Å². The Kier molecular flexibility index (Phi) is 3.99. The van der Waals surface area contributed by atoms with Gasteiger partial charge in [-0.1, -0.05) is 0 Å². The normalized spacial score (nSPS) is 29.1. The van der Waals surface area contributed by atoms with Crippen LogP contribution in [-0.4, -0.2) is 38.6 Å². The van der Waals surface area contributed by atoms with Crippen molar-refractivity contribution in [1.29, 1.82) is 0 Å². The van der Waals surface area contributed by atoms with Gasteiger partial charge in [-0.3, -0.25) is 4.57 Å². The van der Waals surface area contributed by atoms with E-state index in [1.165, 1.54) is 6.20 Å².